The first-order chi connectivity index (χ1) is 9.61. The SMILES string of the molecule is COc1ccc(CNC(C)c2cccc(F)c2F)cc1. The highest BCUT2D eigenvalue weighted by Crippen LogP contribution is 2.19. The Balaban J connectivity index is 2.00. The summed E-state index contributed by atoms with van der Waals surface area (Å²) < 4.78 is 31.9. The summed E-state index contributed by atoms with van der Waals surface area (Å²) in [5, 5.41) is 3.17. The van der Waals surface area contributed by atoms with Gasteiger partial charge in [0.1, 0.15) is 5.75 Å². The number of methoxy groups -OCH3 is 1. The largest absolute Gasteiger partial charge is 0.497 e. The molecule has 1 N–H and O–H groups in total. The van der Waals surface area contributed by atoms with Crippen LogP contribution in [-0.4, -0.2) is 7.11 Å². The van der Waals surface area contributed by atoms with E-state index in [0.29, 0.717) is 12.1 Å². The van der Waals surface area contributed by atoms with Crippen LogP contribution < -0.4 is 10.1 Å². The fourth-order valence-electron chi connectivity index (χ4n) is 1.98. The molecule has 0 fully saturated rings. The van der Waals surface area contributed by atoms with Gasteiger partial charge in [-0.15, -0.1) is 0 Å². The minimum absolute atomic E-state index is 0.271. The van der Waals surface area contributed by atoms with Crippen molar-refractivity contribution in [1.82, 2.24) is 5.32 Å². The molecule has 106 valence electrons. The molecule has 1 atom stereocenters. The third-order valence-electron chi connectivity index (χ3n) is 3.22. The highest BCUT2D eigenvalue weighted by atomic mass is 19.2. The molecule has 4 heteroatoms. The van der Waals surface area contributed by atoms with Crippen molar-refractivity contribution < 1.29 is 13.5 Å². The Morgan fingerprint density at radius 1 is 1.10 bits per heavy atom. The van der Waals surface area contributed by atoms with Crippen molar-refractivity contribution in [1.29, 1.82) is 0 Å². The molecule has 20 heavy (non-hydrogen) atoms. The van der Waals surface area contributed by atoms with E-state index in [9.17, 15) is 8.78 Å². The van der Waals surface area contributed by atoms with Gasteiger partial charge in [-0.25, -0.2) is 8.78 Å². The third kappa shape index (κ3) is 3.33. The Morgan fingerprint density at radius 3 is 2.45 bits per heavy atom. The average Bonchev–Trinajstić information content (AvgIpc) is 2.48. The molecule has 2 aromatic carbocycles. The molecule has 0 aromatic heterocycles. The lowest BCUT2D eigenvalue weighted by Crippen LogP contribution is -2.19. The van der Waals surface area contributed by atoms with Crippen molar-refractivity contribution in [2.45, 2.75) is 19.5 Å². The van der Waals surface area contributed by atoms with Gasteiger partial charge in [-0.05, 0) is 30.7 Å². The Morgan fingerprint density at radius 2 is 1.80 bits per heavy atom. The Labute approximate surface area is 117 Å². The fraction of sp³-hybridized carbons (Fsp3) is 0.250. The van der Waals surface area contributed by atoms with Crippen molar-refractivity contribution in [3.05, 3.63) is 65.2 Å². The highest BCUT2D eigenvalue weighted by Gasteiger charge is 2.13. The van der Waals surface area contributed by atoms with E-state index in [1.165, 1.54) is 6.07 Å². The maximum atomic E-state index is 13.6. The predicted octanol–water partition coefficient (Wildman–Crippen LogP) is 3.82. The first-order valence-corrected chi connectivity index (χ1v) is 6.42. The fourth-order valence-corrected chi connectivity index (χ4v) is 1.98. The lowest BCUT2D eigenvalue weighted by atomic mass is 10.1. The van der Waals surface area contributed by atoms with Gasteiger partial charge in [0, 0.05) is 18.2 Å². The predicted molar refractivity (Wildman–Crippen MR) is 74.6 cm³/mol. The van der Waals surface area contributed by atoms with Crippen LogP contribution in [0.2, 0.25) is 0 Å². The smallest absolute Gasteiger partial charge is 0.163 e. The second-order valence-electron chi connectivity index (χ2n) is 4.59. The molecule has 0 spiro atoms. The van der Waals surface area contributed by atoms with E-state index in [0.717, 1.165) is 17.4 Å². The summed E-state index contributed by atoms with van der Waals surface area (Å²) in [6.07, 6.45) is 0. The molecule has 1 unspecified atom stereocenters. The van der Waals surface area contributed by atoms with E-state index in [1.54, 1.807) is 20.1 Å². The number of rotatable bonds is 5. The monoisotopic (exact) mass is 277 g/mol. The quantitative estimate of drug-likeness (QED) is 0.897. The molecule has 0 heterocycles. The molecule has 0 radical (unpaired) electrons. The van der Waals surface area contributed by atoms with Gasteiger partial charge in [-0.2, -0.15) is 0 Å². The van der Waals surface area contributed by atoms with Gasteiger partial charge in [0.05, 0.1) is 7.11 Å². The summed E-state index contributed by atoms with van der Waals surface area (Å²) in [7, 11) is 1.61. The summed E-state index contributed by atoms with van der Waals surface area (Å²) >= 11 is 0. The number of ether oxygens (including phenoxy) is 1. The Hall–Kier alpha value is -1.94. The van der Waals surface area contributed by atoms with Gasteiger partial charge in [-0.3, -0.25) is 0 Å². The molecule has 0 aliphatic rings. The molecule has 0 amide bonds. The molecule has 0 aliphatic heterocycles. The van der Waals surface area contributed by atoms with Crippen LogP contribution in [0.3, 0.4) is 0 Å². The Bertz CT molecular complexity index is 569. The van der Waals surface area contributed by atoms with Crippen molar-refractivity contribution in [2.24, 2.45) is 0 Å². The van der Waals surface area contributed by atoms with Crippen LogP contribution in [0.15, 0.2) is 42.5 Å². The number of benzene rings is 2. The Kier molecular flexibility index (Phi) is 4.69. The van der Waals surface area contributed by atoms with Gasteiger partial charge in [0.25, 0.3) is 0 Å². The maximum Gasteiger partial charge on any atom is 0.163 e. The van der Waals surface area contributed by atoms with E-state index in [2.05, 4.69) is 5.32 Å². The van der Waals surface area contributed by atoms with Crippen LogP contribution in [0.5, 0.6) is 5.75 Å². The molecule has 2 aromatic rings. The van der Waals surface area contributed by atoms with Crippen LogP contribution in [0.1, 0.15) is 24.1 Å². The molecule has 0 aliphatic carbocycles. The van der Waals surface area contributed by atoms with Gasteiger partial charge >= 0.3 is 0 Å². The zero-order chi connectivity index (χ0) is 14.5. The summed E-state index contributed by atoms with van der Waals surface area (Å²) in [6, 6.07) is 11.5. The summed E-state index contributed by atoms with van der Waals surface area (Å²) in [5.74, 6) is -0.819. The second-order valence-corrected chi connectivity index (χ2v) is 4.59. The second kappa shape index (κ2) is 6.48. The summed E-state index contributed by atoms with van der Waals surface area (Å²) in [4.78, 5) is 0. The standard InChI is InChI=1S/C16H17F2NO/c1-11(14-4-3-5-15(17)16(14)18)19-10-12-6-8-13(20-2)9-7-12/h3-9,11,19H,10H2,1-2H3. The number of hydrogen-bond donors (Lipinski definition) is 1. The molecular formula is C16H17F2NO. The van der Waals surface area contributed by atoms with Crippen LogP contribution in [-0.2, 0) is 6.54 Å². The van der Waals surface area contributed by atoms with E-state index in [4.69, 9.17) is 4.74 Å². The first kappa shape index (κ1) is 14.5. The van der Waals surface area contributed by atoms with Crippen LogP contribution in [0.4, 0.5) is 8.78 Å². The first-order valence-electron chi connectivity index (χ1n) is 6.42. The van der Waals surface area contributed by atoms with Crippen LogP contribution in [0.25, 0.3) is 0 Å². The van der Waals surface area contributed by atoms with Gasteiger partial charge in [-0.1, -0.05) is 24.3 Å². The minimum atomic E-state index is -0.819. The third-order valence-corrected chi connectivity index (χ3v) is 3.22. The van der Waals surface area contributed by atoms with Crippen molar-refractivity contribution >= 4 is 0 Å². The van der Waals surface area contributed by atoms with Gasteiger partial charge in [0.15, 0.2) is 11.6 Å². The summed E-state index contributed by atoms with van der Waals surface area (Å²) in [6.45, 7) is 2.38. The molecule has 2 nitrogen and oxygen atoms in total. The summed E-state index contributed by atoms with van der Waals surface area (Å²) in [5.41, 5.74) is 1.38. The maximum absolute atomic E-state index is 13.6. The van der Waals surface area contributed by atoms with Crippen LogP contribution in [0, 0.1) is 11.6 Å². The number of hydrogen-bond acceptors (Lipinski definition) is 2. The van der Waals surface area contributed by atoms with Gasteiger partial charge < -0.3 is 10.1 Å². The lowest BCUT2D eigenvalue weighted by Gasteiger charge is -2.15. The number of nitrogens with one attached hydrogen (secondary N) is 1. The highest BCUT2D eigenvalue weighted by molar-refractivity contribution is 5.27. The topological polar surface area (TPSA) is 21.3 Å². The number of halogens is 2. The van der Waals surface area contributed by atoms with E-state index in [-0.39, 0.29) is 6.04 Å². The lowest BCUT2D eigenvalue weighted by molar-refractivity contribution is 0.414. The van der Waals surface area contributed by atoms with E-state index in [1.807, 2.05) is 24.3 Å². The average molecular weight is 277 g/mol. The van der Waals surface area contributed by atoms with Crippen molar-refractivity contribution in [2.75, 3.05) is 7.11 Å². The zero-order valence-electron chi connectivity index (χ0n) is 11.5. The van der Waals surface area contributed by atoms with Crippen molar-refractivity contribution in [3.8, 4) is 5.75 Å². The molecule has 2 rings (SSSR count). The van der Waals surface area contributed by atoms with E-state index >= 15 is 0 Å². The molecule has 0 bridgehead atoms. The van der Waals surface area contributed by atoms with Crippen molar-refractivity contribution in [3.63, 3.8) is 0 Å². The van der Waals surface area contributed by atoms with Crippen LogP contribution >= 0.6 is 0 Å². The van der Waals surface area contributed by atoms with E-state index < -0.39 is 11.6 Å². The molecule has 0 saturated carbocycles. The minimum Gasteiger partial charge on any atom is -0.497 e. The normalized spacial score (nSPS) is 12.2. The molecule has 0 saturated heterocycles. The molecular weight excluding hydrogens is 260 g/mol. The van der Waals surface area contributed by atoms with Gasteiger partial charge in [0.2, 0.25) is 0 Å². The zero-order valence-corrected chi connectivity index (χ0v) is 11.5.